The van der Waals surface area contributed by atoms with Gasteiger partial charge in [0.1, 0.15) is 18.3 Å². The van der Waals surface area contributed by atoms with Crippen LogP contribution in [0.5, 0.6) is 0 Å². The van der Waals surface area contributed by atoms with E-state index in [-0.39, 0.29) is 11.9 Å². The number of nitrogens with one attached hydrogen (secondary N) is 2. The molecule has 1 aromatic carbocycles. The molecule has 2 aromatic heterocycles. The second-order valence-electron chi connectivity index (χ2n) is 6.91. The van der Waals surface area contributed by atoms with Gasteiger partial charge in [0.05, 0.1) is 11.0 Å². The van der Waals surface area contributed by atoms with Crippen LogP contribution in [0.2, 0.25) is 0 Å². The lowest BCUT2D eigenvalue weighted by Gasteiger charge is -2.16. The summed E-state index contributed by atoms with van der Waals surface area (Å²) in [5.41, 5.74) is 1.94. The van der Waals surface area contributed by atoms with Crippen molar-refractivity contribution >= 4 is 16.9 Å². The van der Waals surface area contributed by atoms with Crippen LogP contribution in [0.4, 0.5) is 0 Å². The van der Waals surface area contributed by atoms with Crippen LogP contribution in [0, 0.1) is 0 Å². The quantitative estimate of drug-likeness (QED) is 0.691. The van der Waals surface area contributed by atoms with E-state index in [0.717, 1.165) is 54.3 Å². The Hall–Kier alpha value is -2.74. The number of nitrogens with zero attached hydrogens (tertiary/aromatic N) is 4. The van der Waals surface area contributed by atoms with Crippen LogP contribution in [-0.4, -0.2) is 43.8 Å². The fourth-order valence-electron chi connectivity index (χ4n) is 3.58. The highest BCUT2D eigenvalue weighted by molar-refractivity contribution is 5.77. The maximum absolute atomic E-state index is 12.4. The number of carbonyl (C=O) groups is 1. The molecular formula is C19H24N6O2. The Morgan fingerprint density at radius 3 is 3.07 bits per heavy atom. The van der Waals surface area contributed by atoms with Crippen LogP contribution in [0.15, 0.2) is 24.3 Å². The molecule has 0 radical (unpaired) electrons. The lowest BCUT2D eigenvalue weighted by Crippen LogP contribution is -2.35. The number of amides is 1. The Labute approximate surface area is 157 Å². The van der Waals surface area contributed by atoms with E-state index >= 15 is 0 Å². The maximum atomic E-state index is 12.4. The lowest BCUT2D eigenvalue weighted by molar-refractivity contribution is -0.121. The van der Waals surface area contributed by atoms with Crippen LogP contribution in [0.3, 0.4) is 0 Å². The van der Waals surface area contributed by atoms with E-state index in [9.17, 15) is 4.79 Å². The molecule has 8 heteroatoms. The second kappa shape index (κ2) is 7.87. The Bertz CT molecular complexity index is 898. The SMILES string of the molecule is COCc1nnc2n1CCC(NC(=O)CCc1nc3ccccc3[nH]1)CC2. The van der Waals surface area contributed by atoms with Crippen LogP contribution in [0.1, 0.15) is 36.7 Å². The number of ether oxygens (including phenoxy) is 1. The Kier molecular flexibility index (Phi) is 5.15. The Balaban J connectivity index is 1.29. The van der Waals surface area contributed by atoms with Crippen LogP contribution in [-0.2, 0) is 35.5 Å². The molecule has 2 N–H and O–H groups in total. The van der Waals surface area contributed by atoms with Crippen molar-refractivity contribution < 1.29 is 9.53 Å². The minimum atomic E-state index is 0.0650. The number of rotatable bonds is 6. The number of imidazole rings is 1. The topological polar surface area (TPSA) is 97.7 Å². The van der Waals surface area contributed by atoms with Gasteiger partial charge in [-0.2, -0.15) is 0 Å². The van der Waals surface area contributed by atoms with Crippen molar-refractivity contribution in [3.8, 4) is 0 Å². The predicted octanol–water partition coefficient (Wildman–Crippen LogP) is 1.75. The fraction of sp³-hybridized carbons (Fsp3) is 0.474. The van der Waals surface area contributed by atoms with E-state index in [0.29, 0.717) is 19.4 Å². The zero-order chi connectivity index (χ0) is 18.6. The monoisotopic (exact) mass is 368 g/mol. The highest BCUT2D eigenvalue weighted by atomic mass is 16.5. The minimum Gasteiger partial charge on any atom is -0.377 e. The summed E-state index contributed by atoms with van der Waals surface area (Å²) >= 11 is 0. The third-order valence-electron chi connectivity index (χ3n) is 4.99. The number of hydrogen-bond acceptors (Lipinski definition) is 5. The molecule has 0 saturated heterocycles. The highest BCUT2D eigenvalue weighted by Gasteiger charge is 2.21. The van der Waals surface area contributed by atoms with Gasteiger partial charge in [-0.3, -0.25) is 4.79 Å². The molecule has 1 unspecified atom stereocenters. The number of methoxy groups -OCH3 is 1. The molecule has 0 bridgehead atoms. The summed E-state index contributed by atoms with van der Waals surface area (Å²) in [6.45, 7) is 1.26. The third kappa shape index (κ3) is 4.00. The van der Waals surface area contributed by atoms with E-state index in [2.05, 4.69) is 30.0 Å². The van der Waals surface area contributed by atoms with Gasteiger partial charge in [-0.1, -0.05) is 12.1 Å². The number of aromatic nitrogens is 5. The second-order valence-corrected chi connectivity index (χ2v) is 6.91. The summed E-state index contributed by atoms with van der Waals surface area (Å²) in [6.07, 6.45) is 3.60. The molecule has 0 spiro atoms. The van der Waals surface area contributed by atoms with Gasteiger partial charge in [-0.25, -0.2) is 4.98 Å². The molecule has 1 atom stereocenters. The number of fused-ring (bicyclic) bond motifs is 2. The van der Waals surface area contributed by atoms with Gasteiger partial charge >= 0.3 is 0 Å². The van der Waals surface area contributed by atoms with Crippen molar-refractivity contribution in [3.63, 3.8) is 0 Å². The zero-order valence-corrected chi connectivity index (χ0v) is 15.4. The van der Waals surface area contributed by atoms with Gasteiger partial charge in [0.25, 0.3) is 0 Å². The molecule has 0 fully saturated rings. The van der Waals surface area contributed by atoms with Crippen molar-refractivity contribution in [2.75, 3.05) is 7.11 Å². The molecule has 8 nitrogen and oxygen atoms in total. The van der Waals surface area contributed by atoms with Crippen molar-refractivity contribution in [2.45, 2.75) is 51.3 Å². The molecule has 3 aromatic rings. The maximum Gasteiger partial charge on any atom is 0.220 e. The normalized spacial score (nSPS) is 16.9. The van der Waals surface area contributed by atoms with E-state index in [1.807, 2.05) is 24.3 Å². The number of aryl methyl sites for hydroxylation is 2. The van der Waals surface area contributed by atoms with Crippen molar-refractivity contribution in [1.82, 2.24) is 30.0 Å². The summed E-state index contributed by atoms with van der Waals surface area (Å²) in [4.78, 5) is 20.2. The molecule has 142 valence electrons. The zero-order valence-electron chi connectivity index (χ0n) is 15.4. The third-order valence-corrected chi connectivity index (χ3v) is 4.99. The van der Waals surface area contributed by atoms with Gasteiger partial charge in [-0.15, -0.1) is 10.2 Å². The molecule has 1 amide bonds. The average molecular weight is 368 g/mol. The van der Waals surface area contributed by atoms with Crippen molar-refractivity contribution in [3.05, 3.63) is 41.7 Å². The Morgan fingerprint density at radius 2 is 2.22 bits per heavy atom. The number of carbonyl (C=O) groups excluding carboxylic acids is 1. The van der Waals surface area contributed by atoms with E-state index in [4.69, 9.17) is 4.74 Å². The van der Waals surface area contributed by atoms with Crippen molar-refractivity contribution in [2.24, 2.45) is 0 Å². The average Bonchev–Trinajstić information content (AvgIpc) is 3.20. The largest absolute Gasteiger partial charge is 0.377 e. The summed E-state index contributed by atoms with van der Waals surface area (Å²) in [5.74, 6) is 2.74. The van der Waals surface area contributed by atoms with Gasteiger partial charge < -0.3 is 19.6 Å². The first-order valence-corrected chi connectivity index (χ1v) is 9.36. The van der Waals surface area contributed by atoms with Crippen molar-refractivity contribution in [1.29, 1.82) is 0 Å². The molecule has 1 aliphatic rings. The van der Waals surface area contributed by atoms with E-state index < -0.39 is 0 Å². The number of benzene rings is 1. The van der Waals surface area contributed by atoms with Gasteiger partial charge in [-0.05, 0) is 25.0 Å². The molecular weight excluding hydrogens is 344 g/mol. The number of aromatic amines is 1. The molecule has 3 heterocycles. The standard InChI is InChI=1S/C19H24N6O2/c1-27-12-18-24-23-17-8-6-13(10-11-25(17)18)20-19(26)9-7-16-21-14-4-2-3-5-15(14)22-16/h2-5,13H,6-12H2,1H3,(H,20,26)(H,21,22). The smallest absolute Gasteiger partial charge is 0.220 e. The summed E-state index contributed by atoms with van der Waals surface area (Å²) < 4.78 is 7.29. The van der Waals surface area contributed by atoms with Gasteiger partial charge in [0.2, 0.25) is 5.91 Å². The summed E-state index contributed by atoms with van der Waals surface area (Å²) in [7, 11) is 1.66. The first-order chi connectivity index (χ1) is 13.2. The Morgan fingerprint density at radius 1 is 1.33 bits per heavy atom. The number of H-pyrrole nitrogens is 1. The summed E-state index contributed by atoms with van der Waals surface area (Å²) in [5, 5.41) is 11.6. The lowest BCUT2D eigenvalue weighted by atomic mass is 10.1. The van der Waals surface area contributed by atoms with Crippen LogP contribution < -0.4 is 5.32 Å². The molecule has 0 aliphatic carbocycles. The number of hydrogen-bond donors (Lipinski definition) is 2. The van der Waals surface area contributed by atoms with Gasteiger partial charge in [0.15, 0.2) is 5.82 Å². The van der Waals surface area contributed by atoms with E-state index in [1.165, 1.54) is 0 Å². The predicted molar refractivity (Wildman–Crippen MR) is 100 cm³/mol. The molecule has 1 aliphatic heterocycles. The fourth-order valence-corrected chi connectivity index (χ4v) is 3.58. The first-order valence-electron chi connectivity index (χ1n) is 9.36. The van der Waals surface area contributed by atoms with Gasteiger partial charge in [0, 0.05) is 39.0 Å². The molecule has 27 heavy (non-hydrogen) atoms. The van der Waals surface area contributed by atoms with E-state index in [1.54, 1.807) is 7.11 Å². The van der Waals surface area contributed by atoms with Crippen LogP contribution >= 0.6 is 0 Å². The highest BCUT2D eigenvalue weighted by Crippen LogP contribution is 2.16. The molecule has 4 rings (SSSR count). The minimum absolute atomic E-state index is 0.0650. The molecule has 0 saturated carbocycles. The van der Waals surface area contributed by atoms with Crippen LogP contribution in [0.25, 0.3) is 11.0 Å². The first kappa shape index (κ1) is 17.7. The number of para-hydroxylation sites is 2. The summed E-state index contributed by atoms with van der Waals surface area (Å²) in [6, 6.07) is 8.06.